The van der Waals surface area contributed by atoms with Gasteiger partial charge in [0.2, 0.25) is 0 Å². The number of ketones is 1. The van der Waals surface area contributed by atoms with Crippen LogP contribution in [0.1, 0.15) is 25.8 Å². The molecular formula is C19H21NO3S. The number of carbonyl (C=O) groups excluding carboxylic acids is 2. The average Bonchev–Trinajstić information content (AvgIpc) is 2.59. The summed E-state index contributed by atoms with van der Waals surface area (Å²) in [5, 5.41) is 0. The molecule has 126 valence electrons. The second kappa shape index (κ2) is 8.02. The molecule has 4 nitrogen and oxygen atoms in total. The van der Waals surface area contributed by atoms with Crippen molar-refractivity contribution in [2.75, 3.05) is 13.7 Å². The van der Waals surface area contributed by atoms with Gasteiger partial charge < -0.3 is 9.64 Å². The Balaban J connectivity index is 2.33. The number of piperidine rings is 1. The van der Waals surface area contributed by atoms with Crippen molar-refractivity contribution in [1.29, 1.82) is 0 Å². The maximum atomic E-state index is 12.5. The predicted molar refractivity (Wildman–Crippen MR) is 98.9 cm³/mol. The molecule has 1 fully saturated rings. The molecule has 0 aromatic heterocycles. The van der Waals surface area contributed by atoms with E-state index in [1.54, 1.807) is 19.3 Å². The maximum Gasteiger partial charge on any atom is 0.262 e. The number of methoxy groups -OCH3 is 1. The molecule has 1 aliphatic heterocycles. The molecule has 1 aromatic rings. The fraction of sp³-hybridized carbons (Fsp3) is 0.316. The molecule has 24 heavy (non-hydrogen) atoms. The van der Waals surface area contributed by atoms with Gasteiger partial charge in [-0.2, -0.15) is 0 Å². The van der Waals surface area contributed by atoms with Crippen LogP contribution in [0, 0.1) is 5.92 Å². The topological polar surface area (TPSA) is 46.6 Å². The zero-order chi connectivity index (χ0) is 17.7. The third-order valence-electron chi connectivity index (χ3n) is 4.02. The van der Waals surface area contributed by atoms with Gasteiger partial charge >= 0.3 is 0 Å². The molecule has 1 atom stereocenters. The molecule has 1 aromatic carbocycles. The van der Waals surface area contributed by atoms with E-state index >= 15 is 0 Å². The minimum atomic E-state index is -0.399. The van der Waals surface area contributed by atoms with Crippen molar-refractivity contribution in [3.63, 3.8) is 0 Å². The molecule has 0 radical (unpaired) electrons. The molecule has 1 unspecified atom stereocenters. The number of ether oxygens (including phenoxy) is 1. The molecule has 1 saturated heterocycles. The molecule has 0 spiro atoms. The Kier molecular flexibility index (Phi) is 6.04. The van der Waals surface area contributed by atoms with E-state index in [0.29, 0.717) is 18.0 Å². The quantitative estimate of drug-likeness (QED) is 0.467. The van der Waals surface area contributed by atoms with Gasteiger partial charge in [-0.15, -0.1) is 0 Å². The molecular weight excluding hydrogens is 322 g/mol. The van der Waals surface area contributed by atoms with Gasteiger partial charge in [0, 0.05) is 12.1 Å². The van der Waals surface area contributed by atoms with Gasteiger partial charge in [0.1, 0.15) is 5.75 Å². The number of likely N-dealkylation sites (tertiary alicyclic amines) is 1. The Morgan fingerprint density at radius 3 is 2.58 bits per heavy atom. The van der Waals surface area contributed by atoms with Crippen LogP contribution >= 0.6 is 12.2 Å². The Hall–Kier alpha value is -2.27. The Morgan fingerprint density at radius 1 is 1.25 bits per heavy atom. The number of para-hydroxylation sites is 1. The molecule has 0 N–H and O–H groups in total. The van der Waals surface area contributed by atoms with Crippen molar-refractivity contribution in [2.45, 2.75) is 20.3 Å². The zero-order valence-corrected chi connectivity index (χ0v) is 14.9. The van der Waals surface area contributed by atoms with Crippen molar-refractivity contribution in [1.82, 2.24) is 4.90 Å². The van der Waals surface area contributed by atoms with Crippen LogP contribution in [0.15, 0.2) is 42.0 Å². The number of hydrogen-bond acceptors (Lipinski definition) is 4. The Labute approximate surface area is 147 Å². The average molecular weight is 343 g/mol. The third-order valence-corrected chi connectivity index (χ3v) is 4.53. The van der Waals surface area contributed by atoms with Crippen LogP contribution in [0.4, 0.5) is 0 Å². The first-order valence-electron chi connectivity index (χ1n) is 7.96. The third kappa shape index (κ3) is 3.46. The number of thiocarbonyl (C=S) groups is 1. The summed E-state index contributed by atoms with van der Waals surface area (Å²) < 4.78 is 5.28. The summed E-state index contributed by atoms with van der Waals surface area (Å²) in [7, 11) is 1.60. The van der Waals surface area contributed by atoms with Crippen LogP contribution in [-0.4, -0.2) is 35.2 Å². The van der Waals surface area contributed by atoms with Crippen LogP contribution in [-0.2, 0) is 9.59 Å². The number of amides is 1. The van der Waals surface area contributed by atoms with Crippen LogP contribution in [0.3, 0.4) is 0 Å². The van der Waals surface area contributed by atoms with Crippen LogP contribution < -0.4 is 4.74 Å². The lowest BCUT2D eigenvalue weighted by Gasteiger charge is -2.32. The molecule has 0 bridgehead atoms. The number of rotatable bonds is 5. The molecule has 0 aliphatic carbocycles. The lowest BCUT2D eigenvalue weighted by atomic mass is 9.89. The highest BCUT2D eigenvalue weighted by atomic mass is 32.1. The Morgan fingerprint density at radius 2 is 1.96 bits per heavy atom. The fourth-order valence-corrected chi connectivity index (χ4v) is 3.19. The molecule has 1 amide bonds. The summed E-state index contributed by atoms with van der Waals surface area (Å²) >= 11 is 5.30. The van der Waals surface area contributed by atoms with Crippen LogP contribution in [0.25, 0.3) is 6.08 Å². The molecule has 1 heterocycles. The summed E-state index contributed by atoms with van der Waals surface area (Å²) in [6.07, 6.45) is 5.69. The summed E-state index contributed by atoms with van der Waals surface area (Å²) in [4.78, 5) is 27.0. The standard InChI is InChI=1S/C19H21NO3S/c1-4-14-17(21)15(18(22)20(5-2)19(14)24)11-8-10-13-9-6-7-12-16(13)23-3/h6-12,14H,4-5H2,1-3H3/b10-8+,15-11-. The van der Waals surface area contributed by atoms with Gasteiger partial charge in [0.25, 0.3) is 5.91 Å². The fourth-order valence-electron chi connectivity index (χ4n) is 2.70. The summed E-state index contributed by atoms with van der Waals surface area (Å²) in [6.45, 7) is 4.23. The van der Waals surface area contributed by atoms with E-state index in [1.807, 2.05) is 44.2 Å². The predicted octanol–water partition coefficient (Wildman–Crippen LogP) is 3.42. The summed E-state index contributed by atoms with van der Waals surface area (Å²) in [5.41, 5.74) is 1.06. The smallest absolute Gasteiger partial charge is 0.262 e. The second-order valence-electron chi connectivity index (χ2n) is 5.39. The Bertz CT molecular complexity index is 693. The highest BCUT2D eigenvalue weighted by molar-refractivity contribution is 7.80. The van der Waals surface area contributed by atoms with Gasteiger partial charge in [-0.3, -0.25) is 9.59 Å². The van der Waals surface area contributed by atoms with E-state index in [0.717, 1.165) is 11.3 Å². The molecule has 2 rings (SSSR count). The lowest BCUT2D eigenvalue weighted by Crippen LogP contribution is -2.49. The van der Waals surface area contributed by atoms with E-state index in [4.69, 9.17) is 17.0 Å². The normalized spacial score (nSPS) is 20.3. The van der Waals surface area contributed by atoms with Crippen molar-refractivity contribution in [3.05, 3.63) is 47.6 Å². The van der Waals surface area contributed by atoms with Crippen LogP contribution in [0.5, 0.6) is 5.75 Å². The number of carbonyl (C=O) groups is 2. The van der Waals surface area contributed by atoms with E-state index in [1.165, 1.54) is 4.90 Å². The van der Waals surface area contributed by atoms with Gasteiger partial charge in [-0.05, 0) is 25.5 Å². The van der Waals surface area contributed by atoms with Crippen molar-refractivity contribution < 1.29 is 14.3 Å². The van der Waals surface area contributed by atoms with E-state index < -0.39 is 5.92 Å². The van der Waals surface area contributed by atoms with E-state index in [9.17, 15) is 9.59 Å². The van der Waals surface area contributed by atoms with Crippen molar-refractivity contribution >= 4 is 35.0 Å². The second-order valence-corrected chi connectivity index (χ2v) is 5.81. The van der Waals surface area contributed by atoms with E-state index in [-0.39, 0.29) is 17.3 Å². The van der Waals surface area contributed by atoms with Crippen LogP contribution in [0.2, 0.25) is 0 Å². The minimum Gasteiger partial charge on any atom is -0.496 e. The monoisotopic (exact) mass is 343 g/mol. The van der Waals surface area contributed by atoms with Crippen molar-refractivity contribution in [2.24, 2.45) is 5.92 Å². The first kappa shape index (κ1) is 18.1. The maximum absolute atomic E-state index is 12.5. The van der Waals surface area contributed by atoms with Crippen molar-refractivity contribution in [3.8, 4) is 5.75 Å². The summed E-state index contributed by atoms with van der Waals surface area (Å²) in [5.74, 6) is -0.177. The number of likely N-dealkylation sites (N-methyl/N-ethyl adjacent to an activating group) is 1. The largest absolute Gasteiger partial charge is 0.496 e. The molecule has 1 aliphatic rings. The molecule has 0 saturated carbocycles. The lowest BCUT2D eigenvalue weighted by molar-refractivity contribution is -0.129. The SMILES string of the molecule is CCC1C(=O)/C(=C/C=C/c2ccccc2OC)C(=O)N(CC)C1=S. The summed E-state index contributed by atoms with van der Waals surface area (Å²) in [6, 6.07) is 7.54. The number of Topliss-reactive ketones (excluding diaryl/α,β-unsaturated/α-hetero) is 1. The van der Waals surface area contributed by atoms with Gasteiger partial charge in [0.15, 0.2) is 5.78 Å². The minimum absolute atomic E-state index is 0.184. The highest BCUT2D eigenvalue weighted by Gasteiger charge is 2.39. The number of hydrogen-bond donors (Lipinski definition) is 0. The van der Waals surface area contributed by atoms with Gasteiger partial charge in [0.05, 0.1) is 23.6 Å². The number of benzene rings is 1. The molecule has 5 heteroatoms. The highest BCUT2D eigenvalue weighted by Crippen LogP contribution is 2.25. The van der Waals surface area contributed by atoms with Gasteiger partial charge in [-0.25, -0.2) is 0 Å². The number of nitrogens with zero attached hydrogens (tertiary/aromatic N) is 1. The number of allylic oxidation sites excluding steroid dienone is 2. The van der Waals surface area contributed by atoms with E-state index in [2.05, 4.69) is 0 Å². The first-order chi connectivity index (χ1) is 11.5. The first-order valence-corrected chi connectivity index (χ1v) is 8.37. The zero-order valence-electron chi connectivity index (χ0n) is 14.1. The van der Waals surface area contributed by atoms with Gasteiger partial charge in [-0.1, -0.05) is 49.5 Å².